The van der Waals surface area contributed by atoms with E-state index in [0.717, 1.165) is 30.9 Å². The number of hydrogen-bond acceptors (Lipinski definition) is 2. The maximum atomic E-state index is 12.1. The summed E-state index contributed by atoms with van der Waals surface area (Å²) in [5.41, 5.74) is 3.24. The Morgan fingerprint density at radius 3 is 2.88 bits per heavy atom. The van der Waals surface area contributed by atoms with Crippen LogP contribution < -0.4 is 10.2 Å². The molecule has 3 nitrogen and oxygen atoms in total. The second-order valence-electron chi connectivity index (χ2n) is 4.52. The lowest BCUT2D eigenvalue weighted by molar-refractivity contribution is -0.114. The van der Waals surface area contributed by atoms with Gasteiger partial charge in [-0.05, 0) is 25.5 Å². The van der Waals surface area contributed by atoms with Gasteiger partial charge < -0.3 is 10.2 Å². The first-order valence-corrected chi connectivity index (χ1v) is 5.93. The number of carbonyl (C=O) groups is 1. The zero-order chi connectivity index (χ0) is 12.3. The molecular weight excluding hydrogens is 212 g/mol. The molecule has 1 aromatic carbocycles. The van der Waals surface area contributed by atoms with Crippen LogP contribution in [0.2, 0.25) is 0 Å². The van der Waals surface area contributed by atoms with E-state index in [0.29, 0.717) is 0 Å². The standard InChI is InChI=1S/C14H18N2O/c1-11(2)9-14(17)16-8-7-15-10-12-5-3-4-6-13(12)16/h3-6,9,15H,7-8,10H2,1-2H3. The zero-order valence-corrected chi connectivity index (χ0v) is 10.4. The van der Waals surface area contributed by atoms with Crippen LogP contribution in [0.1, 0.15) is 19.4 Å². The molecule has 0 fully saturated rings. The predicted octanol–water partition coefficient (Wildman–Crippen LogP) is 2.09. The Morgan fingerprint density at radius 1 is 1.35 bits per heavy atom. The monoisotopic (exact) mass is 230 g/mol. The number of anilines is 1. The third-order valence-corrected chi connectivity index (χ3v) is 2.79. The van der Waals surface area contributed by atoms with E-state index in [1.807, 2.05) is 36.9 Å². The minimum atomic E-state index is 0.0705. The van der Waals surface area contributed by atoms with Gasteiger partial charge in [-0.2, -0.15) is 0 Å². The van der Waals surface area contributed by atoms with Crippen molar-refractivity contribution in [2.75, 3.05) is 18.0 Å². The van der Waals surface area contributed by atoms with Crippen LogP contribution in [0.4, 0.5) is 5.69 Å². The lowest BCUT2D eigenvalue weighted by atomic mass is 10.1. The van der Waals surface area contributed by atoms with Crippen LogP contribution in [0.3, 0.4) is 0 Å². The Labute approximate surface area is 102 Å². The lowest BCUT2D eigenvalue weighted by Crippen LogP contribution is -2.33. The van der Waals surface area contributed by atoms with Crippen molar-refractivity contribution in [2.45, 2.75) is 20.4 Å². The fourth-order valence-electron chi connectivity index (χ4n) is 2.01. The van der Waals surface area contributed by atoms with E-state index >= 15 is 0 Å². The Hall–Kier alpha value is -1.61. The Balaban J connectivity index is 2.35. The molecule has 0 spiro atoms. The van der Waals surface area contributed by atoms with Gasteiger partial charge in [0.2, 0.25) is 0 Å². The molecule has 0 saturated heterocycles. The van der Waals surface area contributed by atoms with Crippen molar-refractivity contribution < 1.29 is 4.79 Å². The van der Waals surface area contributed by atoms with Crippen molar-refractivity contribution in [3.05, 3.63) is 41.5 Å². The van der Waals surface area contributed by atoms with Crippen LogP contribution in [-0.2, 0) is 11.3 Å². The molecule has 90 valence electrons. The van der Waals surface area contributed by atoms with Crippen LogP contribution in [0.5, 0.6) is 0 Å². The highest BCUT2D eigenvalue weighted by Crippen LogP contribution is 2.22. The smallest absolute Gasteiger partial charge is 0.250 e. The van der Waals surface area contributed by atoms with E-state index in [1.165, 1.54) is 5.56 Å². The number of amides is 1. The van der Waals surface area contributed by atoms with E-state index in [9.17, 15) is 4.79 Å². The molecule has 1 amide bonds. The molecule has 17 heavy (non-hydrogen) atoms. The van der Waals surface area contributed by atoms with Crippen LogP contribution >= 0.6 is 0 Å². The summed E-state index contributed by atoms with van der Waals surface area (Å²) >= 11 is 0. The highest BCUT2D eigenvalue weighted by molar-refractivity contribution is 6.02. The van der Waals surface area contributed by atoms with Crippen LogP contribution in [-0.4, -0.2) is 19.0 Å². The molecule has 0 aliphatic carbocycles. The summed E-state index contributed by atoms with van der Waals surface area (Å²) in [4.78, 5) is 14.0. The van der Waals surface area contributed by atoms with Crippen LogP contribution in [0.25, 0.3) is 0 Å². The average molecular weight is 230 g/mol. The Bertz CT molecular complexity index is 447. The summed E-state index contributed by atoms with van der Waals surface area (Å²) in [5, 5.41) is 3.33. The minimum Gasteiger partial charge on any atom is -0.311 e. The number of allylic oxidation sites excluding steroid dienone is 1. The number of rotatable bonds is 1. The molecule has 1 aromatic rings. The van der Waals surface area contributed by atoms with Crippen molar-refractivity contribution in [2.24, 2.45) is 0 Å². The van der Waals surface area contributed by atoms with Gasteiger partial charge in [-0.25, -0.2) is 0 Å². The van der Waals surface area contributed by atoms with Gasteiger partial charge >= 0.3 is 0 Å². The normalized spacial score (nSPS) is 14.8. The molecule has 0 radical (unpaired) electrons. The van der Waals surface area contributed by atoms with Crippen molar-refractivity contribution in [1.82, 2.24) is 5.32 Å². The molecule has 1 N–H and O–H groups in total. The zero-order valence-electron chi connectivity index (χ0n) is 10.4. The molecule has 2 rings (SSSR count). The number of benzene rings is 1. The molecule has 3 heteroatoms. The number of fused-ring (bicyclic) bond motifs is 1. The SMILES string of the molecule is CC(C)=CC(=O)N1CCNCc2ccccc21. The van der Waals surface area contributed by atoms with Crippen molar-refractivity contribution in [3.63, 3.8) is 0 Å². The molecule has 1 aliphatic rings. The lowest BCUT2D eigenvalue weighted by Gasteiger charge is -2.21. The van der Waals surface area contributed by atoms with Gasteiger partial charge in [0.15, 0.2) is 0 Å². The van der Waals surface area contributed by atoms with E-state index in [1.54, 1.807) is 6.08 Å². The maximum absolute atomic E-state index is 12.1. The van der Waals surface area contributed by atoms with Gasteiger partial charge in [-0.15, -0.1) is 0 Å². The third-order valence-electron chi connectivity index (χ3n) is 2.79. The number of para-hydroxylation sites is 1. The molecule has 0 aromatic heterocycles. The Kier molecular flexibility index (Phi) is 3.59. The topological polar surface area (TPSA) is 32.3 Å². The fourth-order valence-corrected chi connectivity index (χ4v) is 2.01. The van der Waals surface area contributed by atoms with Crippen LogP contribution in [0.15, 0.2) is 35.9 Å². The number of nitrogens with one attached hydrogen (secondary N) is 1. The predicted molar refractivity (Wildman–Crippen MR) is 69.9 cm³/mol. The average Bonchev–Trinajstić information content (AvgIpc) is 2.50. The molecule has 0 unspecified atom stereocenters. The largest absolute Gasteiger partial charge is 0.311 e. The van der Waals surface area contributed by atoms with Crippen molar-refractivity contribution >= 4 is 11.6 Å². The van der Waals surface area contributed by atoms with Gasteiger partial charge in [-0.1, -0.05) is 23.8 Å². The van der Waals surface area contributed by atoms with E-state index in [2.05, 4.69) is 11.4 Å². The first-order chi connectivity index (χ1) is 8.18. The van der Waals surface area contributed by atoms with E-state index in [4.69, 9.17) is 0 Å². The molecule has 1 heterocycles. The first-order valence-electron chi connectivity index (χ1n) is 5.93. The summed E-state index contributed by atoms with van der Waals surface area (Å²) < 4.78 is 0. The van der Waals surface area contributed by atoms with E-state index < -0.39 is 0 Å². The highest BCUT2D eigenvalue weighted by Gasteiger charge is 2.18. The highest BCUT2D eigenvalue weighted by atomic mass is 16.2. The molecule has 0 atom stereocenters. The van der Waals surface area contributed by atoms with Gasteiger partial charge in [0.05, 0.1) is 0 Å². The summed E-state index contributed by atoms with van der Waals surface area (Å²) in [6.45, 7) is 6.27. The van der Waals surface area contributed by atoms with Crippen LogP contribution in [0, 0.1) is 0 Å². The maximum Gasteiger partial charge on any atom is 0.250 e. The fraction of sp³-hybridized carbons (Fsp3) is 0.357. The van der Waals surface area contributed by atoms with E-state index in [-0.39, 0.29) is 5.91 Å². The minimum absolute atomic E-state index is 0.0705. The molecular formula is C14H18N2O. The molecule has 0 saturated carbocycles. The van der Waals surface area contributed by atoms with Gasteiger partial charge in [-0.3, -0.25) is 4.79 Å². The van der Waals surface area contributed by atoms with Gasteiger partial charge in [0, 0.05) is 31.4 Å². The number of nitrogens with zero attached hydrogens (tertiary/aromatic N) is 1. The summed E-state index contributed by atoms with van der Waals surface area (Å²) in [6, 6.07) is 8.07. The summed E-state index contributed by atoms with van der Waals surface area (Å²) in [6.07, 6.45) is 1.70. The van der Waals surface area contributed by atoms with Gasteiger partial charge in [0.1, 0.15) is 0 Å². The number of carbonyl (C=O) groups excluding carboxylic acids is 1. The number of hydrogen-bond donors (Lipinski definition) is 1. The van der Waals surface area contributed by atoms with Crippen molar-refractivity contribution in [3.8, 4) is 0 Å². The quantitative estimate of drug-likeness (QED) is 0.749. The summed E-state index contributed by atoms with van der Waals surface area (Å²) in [7, 11) is 0. The molecule has 1 aliphatic heterocycles. The van der Waals surface area contributed by atoms with Crippen molar-refractivity contribution in [1.29, 1.82) is 0 Å². The summed E-state index contributed by atoms with van der Waals surface area (Å²) in [5.74, 6) is 0.0705. The molecule has 0 bridgehead atoms. The second-order valence-corrected chi connectivity index (χ2v) is 4.52. The second kappa shape index (κ2) is 5.15. The third kappa shape index (κ3) is 2.74. The Morgan fingerprint density at radius 2 is 2.12 bits per heavy atom. The van der Waals surface area contributed by atoms with Gasteiger partial charge in [0.25, 0.3) is 5.91 Å². The first kappa shape index (κ1) is 11.9.